The molecule has 2 unspecified atom stereocenters. The maximum atomic E-state index is 5.80. The Hall–Kier alpha value is -1.03. The molecular weight excluding hydrogens is 190 g/mol. The molecular formula is C11H19N3O. The van der Waals surface area contributed by atoms with Crippen molar-refractivity contribution >= 4 is 5.69 Å². The van der Waals surface area contributed by atoms with Crippen LogP contribution >= 0.6 is 0 Å². The molecule has 1 aliphatic heterocycles. The molecule has 2 rings (SSSR count). The fraction of sp³-hybridized carbons (Fsp3) is 0.727. The zero-order valence-electron chi connectivity index (χ0n) is 9.60. The van der Waals surface area contributed by atoms with Gasteiger partial charge in [-0.2, -0.15) is 5.10 Å². The fourth-order valence-electron chi connectivity index (χ4n) is 2.37. The van der Waals surface area contributed by atoms with E-state index in [0.29, 0.717) is 18.2 Å². The first kappa shape index (κ1) is 10.5. The van der Waals surface area contributed by atoms with Gasteiger partial charge in [0.15, 0.2) is 0 Å². The molecule has 0 bridgehead atoms. The highest BCUT2D eigenvalue weighted by atomic mass is 16.5. The van der Waals surface area contributed by atoms with Crippen LogP contribution in [-0.2, 0) is 4.74 Å². The Morgan fingerprint density at radius 1 is 1.40 bits per heavy atom. The third kappa shape index (κ3) is 2.00. The predicted molar refractivity (Wildman–Crippen MR) is 59.7 cm³/mol. The standard InChI is InChI=1S/C11H19N3O/c1-7-4-10(5-8(2)15-7)14-9(3)11(12)6-13-14/h6-8,10H,4-5,12H2,1-3H3. The van der Waals surface area contributed by atoms with Crippen molar-refractivity contribution in [3.05, 3.63) is 11.9 Å². The molecule has 1 saturated heterocycles. The average molecular weight is 209 g/mol. The molecule has 15 heavy (non-hydrogen) atoms. The minimum Gasteiger partial charge on any atom is -0.396 e. The normalized spacial score (nSPS) is 31.8. The number of anilines is 1. The maximum absolute atomic E-state index is 5.80. The molecule has 1 aliphatic rings. The Balaban J connectivity index is 2.20. The second kappa shape index (κ2) is 3.85. The van der Waals surface area contributed by atoms with Crippen LogP contribution in [0.3, 0.4) is 0 Å². The van der Waals surface area contributed by atoms with E-state index in [4.69, 9.17) is 10.5 Å². The van der Waals surface area contributed by atoms with Crippen LogP contribution in [0.25, 0.3) is 0 Å². The van der Waals surface area contributed by atoms with Crippen LogP contribution in [0.15, 0.2) is 6.20 Å². The van der Waals surface area contributed by atoms with Gasteiger partial charge in [-0.25, -0.2) is 0 Å². The zero-order chi connectivity index (χ0) is 11.0. The van der Waals surface area contributed by atoms with E-state index in [1.165, 1.54) is 0 Å². The van der Waals surface area contributed by atoms with E-state index in [9.17, 15) is 0 Å². The molecule has 0 aliphatic carbocycles. The summed E-state index contributed by atoms with van der Waals surface area (Å²) in [5, 5.41) is 4.34. The molecule has 1 aromatic rings. The topological polar surface area (TPSA) is 53.1 Å². The number of aromatic nitrogens is 2. The molecule has 4 heteroatoms. The summed E-state index contributed by atoms with van der Waals surface area (Å²) in [6, 6.07) is 0.432. The van der Waals surface area contributed by atoms with Crippen molar-refractivity contribution in [1.29, 1.82) is 0 Å². The van der Waals surface area contributed by atoms with Crippen LogP contribution in [0.2, 0.25) is 0 Å². The molecule has 2 N–H and O–H groups in total. The first-order valence-corrected chi connectivity index (χ1v) is 5.53. The van der Waals surface area contributed by atoms with Crippen LogP contribution < -0.4 is 5.73 Å². The Morgan fingerprint density at radius 3 is 2.47 bits per heavy atom. The highest BCUT2D eigenvalue weighted by molar-refractivity contribution is 5.39. The van der Waals surface area contributed by atoms with Gasteiger partial charge in [0.1, 0.15) is 0 Å². The molecule has 0 saturated carbocycles. The van der Waals surface area contributed by atoms with Gasteiger partial charge in [0, 0.05) is 0 Å². The summed E-state index contributed by atoms with van der Waals surface area (Å²) in [7, 11) is 0. The van der Waals surface area contributed by atoms with Gasteiger partial charge in [-0.1, -0.05) is 0 Å². The minimum absolute atomic E-state index is 0.309. The summed E-state index contributed by atoms with van der Waals surface area (Å²) in [5.74, 6) is 0. The predicted octanol–water partition coefficient (Wildman–Crippen LogP) is 1.90. The lowest BCUT2D eigenvalue weighted by atomic mass is 10.00. The number of rotatable bonds is 1. The zero-order valence-corrected chi connectivity index (χ0v) is 9.60. The van der Waals surface area contributed by atoms with Crippen LogP contribution in [0.1, 0.15) is 38.4 Å². The lowest BCUT2D eigenvalue weighted by Gasteiger charge is -2.32. The Labute approximate surface area is 90.4 Å². The first-order valence-electron chi connectivity index (χ1n) is 5.53. The van der Waals surface area contributed by atoms with Crippen molar-refractivity contribution in [3.63, 3.8) is 0 Å². The SMILES string of the molecule is Cc1c(N)cnn1C1CC(C)OC(C)C1. The van der Waals surface area contributed by atoms with Crippen molar-refractivity contribution in [1.82, 2.24) is 9.78 Å². The molecule has 1 fully saturated rings. The van der Waals surface area contributed by atoms with Crippen molar-refractivity contribution in [2.45, 2.75) is 51.9 Å². The van der Waals surface area contributed by atoms with Gasteiger partial charge in [0.25, 0.3) is 0 Å². The monoisotopic (exact) mass is 209 g/mol. The summed E-state index contributed by atoms with van der Waals surface area (Å²) < 4.78 is 7.76. The average Bonchev–Trinajstić information content (AvgIpc) is 2.46. The molecule has 1 aromatic heterocycles. The van der Waals surface area contributed by atoms with Gasteiger partial charge in [0.2, 0.25) is 0 Å². The highest BCUT2D eigenvalue weighted by Crippen LogP contribution is 2.30. The Bertz CT molecular complexity index is 338. The molecule has 4 nitrogen and oxygen atoms in total. The quantitative estimate of drug-likeness (QED) is 0.768. The number of nitrogens with zero attached hydrogens (tertiary/aromatic N) is 2. The lowest BCUT2D eigenvalue weighted by molar-refractivity contribution is -0.0509. The molecule has 84 valence electrons. The Morgan fingerprint density at radius 2 is 2.00 bits per heavy atom. The molecule has 2 atom stereocenters. The van der Waals surface area contributed by atoms with E-state index >= 15 is 0 Å². The third-order valence-electron chi connectivity index (χ3n) is 3.10. The molecule has 0 aromatic carbocycles. The number of hydrogen-bond acceptors (Lipinski definition) is 3. The molecule has 0 amide bonds. The number of nitrogen functional groups attached to an aromatic ring is 1. The van der Waals surface area contributed by atoms with Crippen LogP contribution in [-0.4, -0.2) is 22.0 Å². The number of ether oxygens (including phenoxy) is 1. The van der Waals surface area contributed by atoms with E-state index in [-0.39, 0.29) is 0 Å². The van der Waals surface area contributed by atoms with E-state index in [1.807, 2.05) is 11.6 Å². The van der Waals surface area contributed by atoms with Crippen molar-refractivity contribution < 1.29 is 4.74 Å². The smallest absolute Gasteiger partial charge is 0.0730 e. The molecule has 2 heterocycles. The number of nitrogens with two attached hydrogens (primary N) is 1. The van der Waals surface area contributed by atoms with E-state index in [0.717, 1.165) is 24.2 Å². The van der Waals surface area contributed by atoms with Gasteiger partial charge >= 0.3 is 0 Å². The largest absolute Gasteiger partial charge is 0.396 e. The van der Waals surface area contributed by atoms with E-state index in [1.54, 1.807) is 6.20 Å². The van der Waals surface area contributed by atoms with E-state index < -0.39 is 0 Å². The fourth-order valence-corrected chi connectivity index (χ4v) is 2.37. The summed E-state index contributed by atoms with van der Waals surface area (Å²) >= 11 is 0. The summed E-state index contributed by atoms with van der Waals surface area (Å²) in [5.41, 5.74) is 7.65. The van der Waals surface area contributed by atoms with E-state index in [2.05, 4.69) is 18.9 Å². The van der Waals surface area contributed by atoms with Crippen LogP contribution in [0.4, 0.5) is 5.69 Å². The molecule has 0 radical (unpaired) electrons. The van der Waals surface area contributed by atoms with Gasteiger partial charge in [-0.05, 0) is 33.6 Å². The van der Waals surface area contributed by atoms with Gasteiger partial charge in [-0.15, -0.1) is 0 Å². The van der Waals surface area contributed by atoms with Crippen molar-refractivity contribution in [2.75, 3.05) is 5.73 Å². The summed E-state index contributed by atoms with van der Waals surface area (Å²) in [6.45, 7) is 6.25. The van der Waals surface area contributed by atoms with Crippen molar-refractivity contribution in [2.24, 2.45) is 0 Å². The van der Waals surface area contributed by atoms with Gasteiger partial charge in [0.05, 0.1) is 35.8 Å². The Kier molecular flexibility index (Phi) is 2.69. The van der Waals surface area contributed by atoms with Crippen LogP contribution in [0.5, 0.6) is 0 Å². The third-order valence-corrected chi connectivity index (χ3v) is 3.10. The summed E-state index contributed by atoms with van der Waals surface area (Å²) in [4.78, 5) is 0. The first-order chi connectivity index (χ1) is 7.08. The second-order valence-corrected chi connectivity index (χ2v) is 4.51. The highest BCUT2D eigenvalue weighted by Gasteiger charge is 2.27. The minimum atomic E-state index is 0.309. The molecule has 0 spiro atoms. The second-order valence-electron chi connectivity index (χ2n) is 4.51. The van der Waals surface area contributed by atoms with Crippen molar-refractivity contribution in [3.8, 4) is 0 Å². The lowest BCUT2D eigenvalue weighted by Crippen LogP contribution is -2.31. The maximum Gasteiger partial charge on any atom is 0.0730 e. The van der Waals surface area contributed by atoms with Crippen LogP contribution in [0, 0.1) is 6.92 Å². The number of hydrogen-bond donors (Lipinski definition) is 1. The summed E-state index contributed by atoms with van der Waals surface area (Å²) in [6.07, 6.45) is 4.39. The van der Waals surface area contributed by atoms with Gasteiger partial charge in [-0.3, -0.25) is 4.68 Å². The van der Waals surface area contributed by atoms with Gasteiger partial charge < -0.3 is 10.5 Å².